The van der Waals surface area contributed by atoms with Crippen LogP contribution in [0.25, 0.3) is 0 Å². The van der Waals surface area contributed by atoms with Crippen LogP contribution in [0.15, 0.2) is 18.3 Å². The van der Waals surface area contributed by atoms with Crippen molar-refractivity contribution < 1.29 is 22.4 Å². The first-order valence-corrected chi connectivity index (χ1v) is 3.85. The molecule has 1 rings (SSSR count). The zero-order valence-electron chi connectivity index (χ0n) is 7.31. The second-order valence-corrected chi connectivity index (χ2v) is 2.71. The third-order valence-electron chi connectivity index (χ3n) is 1.37. The molecule has 1 aromatic rings. The van der Waals surface area contributed by atoms with E-state index in [0.717, 1.165) is 18.3 Å². The molecule has 0 aliphatic carbocycles. The van der Waals surface area contributed by atoms with Crippen molar-refractivity contribution in [2.45, 2.75) is 12.6 Å². The molecule has 0 aliphatic heterocycles. The van der Waals surface area contributed by atoms with Gasteiger partial charge in [0, 0.05) is 0 Å². The highest BCUT2D eigenvalue weighted by Crippen LogP contribution is 2.20. The molecule has 1 N–H and O–H groups in total. The van der Waals surface area contributed by atoms with Crippen molar-refractivity contribution in [1.29, 1.82) is 0 Å². The number of aromatic nitrogens is 1. The maximum Gasteiger partial charge on any atom is 0.397 e. The third-order valence-corrected chi connectivity index (χ3v) is 1.37. The quantitative estimate of drug-likeness (QED) is 0.615. The van der Waals surface area contributed by atoms with Crippen LogP contribution in [0.1, 0.15) is 6.42 Å². The molecule has 0 saturated carbocycles. The van der Waals surface area contributed by atoms with Gasteiger partial charge in [-0.05, 0) is 12.1 Å². The van der Waals surface area contributed by atoms with E-state index in [1.807, 2.05) is 5.32 Å². The lowest BCUT2D eigenvalue weighted by Gasteiger charge is -2.06. The standard InChI is InChI=1S/C8H6F4N2O/c9-6-2-1-5(4-13-6)14-7(15)3-8(10,11)12/h1-2,4H,3H2,(H,14,15). The molecule has 0 fully saturated rings. The van der Waals surface area contributed by atoms with Crippen LogP contribution in [0.5, 0.6) is 0 Å². The zero-order chi connectivity index (χ0) is 11.5. The van der Waals surface area contributed by atoms with E-state index in [-0.39, 0.29) is 5.69 Å². The first kappa shape index (κ1) is 11.4. The molecule has 0 spiro atoms. The molecule has 0 aromatic carbocycles. The highest BCUT2D eigenvalue weighted by molar-refractivity contribution is 5.90. The summed E-state index contributed by atoms with van der Waals surface area (Å²) in [6, 6.07) is 2.06. The Morgan fingerprint density at radius 3 is 2.53 bits per heavy atom. The van der Waals surface area contributed by atoms with Crippen LogP contribution in [-0.2, 0) is 4.79 Å². The fraction of sp³-hybridized carbons (Fsp3) is 0.250. The minimum absolute atomic E-state index is 0.0191. The molecule has 0 aliphatic rings. The van der Waals surface area contributed by atoms with Crippen molar-refractivity contribution in [1.82, 2.24) is 4.98 Å². The third kappa shape index (κ3) is 4.39. The number of halogens is 4. The van der Waals surface area contributed by atoms with Crippen molar-refractivity contribution in [2.75, 3.05) is 5.32 Å². The number of hydrogen-bond donors (Lipinski definition) is 1. The number of anilines is 1. The topological polar surface area (TPSA) is 42.0 Å². The van der Waals surface area contributed by atoms with E-state index in [4.69, 9.17) is 0 Å². The lowest BCUT2D eigenvalue weighted by Crippen LogP contribution is -2.21. The molecule has 1 amide bonds. The smallest absolute Gasteiger partial charge is 0.324 e. The number of pyridine rings is 1. The van der Waals surface area contributed by atoms with E-state index in [9.17, 15) is 22.4 Å². The van der Waals surface area contributed by atoms with Gasteiger partial charge in [0.05, 0.1) is 11.9 Å². The number of rotatable bonds is 2. The number of hydrogen-bond acceptors (Lipinski definition) is 2. The summed E-state index contributed by atoms with van der Waals surface area (Å²) < 4.78 is 47.5. The SMILES string of the molecule is O=C(CC(F)(F)F)Nc1ccc(F)nc1. The van der Waals surface area contributed by atoms with Gasteiger partial charge >= 0.3 is 6.18 Å². The summed E-state index contributed by atoms with van der Waals surface area (Å²) in [5, 5.41) is 1.94. The van der Waals surface area contributed by atoms with Gasteiger partial charge in [0.15, 0.2) is 0 Å². The van der Waals surface area contributed by atoms with Crippen molar-refractivity contribution >= 4 is 11.6 Å². The highest BCUT2D eigenvalue weighted by atomic mass is 19.4. The molecule has 0 saturated heterocycles. The Kier molecular flexibility index (Phi) is 3.23. The minimum atomic E-state index is -4.56. The molecular weight excluding hydrogens is 216 g/mol. The van der Waals surface area contributed by atoms with Gasteiger partial charge < -0.3 is 5.32 Å². The van der Waals surface area contributed by atoms with Gasteiger partial charge in [0.1, 0.15) is 6.42 Å². The predicted molar refractivity (Wildman–Crippen MR) is 43.5 cm³/mol. The number of carbonyl (C=O) groups is 1. The maximum absolute atomic E-state index is 12.3. The summed E-state index contributed by atoms with van der Waals surface area (Å²) in [7, 11) is 0. The molecule has 3 nitrogen and oxygen atoms in total. The van der Waals surface area contributed by atoms with Crippen LogP contribution < -0.4 is 5.32 Å². The van der Waals surface area contributed by atoms with Gasteiger partial charge in [-0.25, -0.2) is 4.98 Å². The average molecular weight is 222 g/mol. The predicted octanol–water partition coefficient (Wildman–Crippen LogP) is 2.11. The normalized spacial score (nSPS) is 11.2. The molecule has 82 valence electrons. The second-order valence-electron chi connectivity index (χ2n) is 2.71. The van der Waals surface area contributed by atoms with E-state index in [2.05, 4.69) is 4.98 Å². The fourth-order valence-electron chi connectivity index (χ4n) is 0.837. The minimum Gasteiger partial charge on any atom is -0.324 e. The number of nitrogens with zero attached hydrogens (tertiary/aromatic N) is 1. The van der Waals surface area contributed by atoms with Crippen molar-refractivity contribution in [2.24, 2.45) is 0 Å². The van der Waals surface area contributed by atoms with Gasteiger partial charge in [-0.3, -0.25) is 4.79 Å². The van der Waals surface area contributed by atoms with Crippen molar-refractivity contribution in [3.63, 3.8) is 0 Å². The molecule has 7 heteroatoms. The molecule has 0 radical (unpaired) electrons. The van der Waals surface area contributed by atoms with E-state index < -0.39 is 24.5 Å². The Balaban J connectivity index is 2.55. The molecule has 1 heterocycles. The molecule has 0 atom stereocenters. The lowest BCUT2D eigenvalue weighted by atomic mass is 10.3. The van der Waals surface area contributed by atoms with Crippen LogP contribution in [0.4, 0.5) is 23.2 Å². The summed E-state index contributed by atoms with van der Waals surface area (Å²) in [5.74, 6) is -1.99. The van der Waals surface area contributed by atoms with Crippen LogP contribution in [0.3, 0.4) is 0 Å². The van der Waals surface area contributed by atoms with E-state index >= 15 is 0 Å². The average Bonchev–Trinajstić information content (AvgIpc) is 2.05. The van der Waals surface area contributed by atoms with Gasteiger partial charge in [0.25, 0.3) is 0 Å². The molecule has 15 heavy (non-hydrogen) atoms. The van der Waals surface area contributed by atoms with Crippen LogP contribution in [0, 0.1) is 5.95 Å². The largest absolute Gasteiger partial charge is 0.397 e. The first-order valence-electron chi connectivity index (χ1n) is 3.85. The Morgan fingerprint density at radius 2 is 2.07 bits per heavy atom. The number of amides is 1. The number of nitrogens with one attached hydrogen (secondary N) is 1. The Morgan fingerprint density at radius 1 is 1.40 bits per heavy atom. The molecule has 0 unspecified atom stereocenters. The van der Waals surface area contributed by atoms with Gasteiger partial charge in [-0.15, -0.1) is 0 Å². The van der Waals surface area contributed by atoms with Crippen LogP contribution >= 0.6 is 0 Å². The molecular formula is C8H6F4N2O. The van der Waals surface area contributed by atoms with Gasteiger partial charge in [0.2, 0.25) is 11.9 Å². The van der Waals surface area contributed by atoms with Gasteiger partial charge in [-0.1, -0.05) is 0 Å². The summed E-state index contributed by atoms with van der Waals surface area (Å²) in [5.41, 5.74) is 0.0191. The second kappa shape index (κ2) is 4.24. The number of alkyl halides is 3. The summed E-state index contributed by atoms with van der Waals surface area (Å²) in [4.78, 5) is 13.9. The highest BCUT2D eigenvalue weighted by Gasteiger charge is 2.31. The monoisotopic (exact) mass is 222 g/mol. The van der Waals surface area contributed by atoms with Crippen LogP contribution in [0.2, 0.25) is 0 Å². The van der Waals surface area contributed by atoms with Crippen LogP contribution in [-0.4, -0.2) is 17.1 Å². The van der Waals surface area contributed by atoms with Crippen molar-refractivity contribution in [3.05, 3.63) is 24.3 Å². The molecule has 1 aromatic heterocycles. The summed E-state index contributed by atoms with van der Waals surface area (Å²) in [6.45, 7) is 0. The summed E-state index contributed by atoms with van der Waals surface area (Å²) >= 11 is 0. The molecule has 0 bridgehead atoms. The number of carbonyl (C=O) groups excluding carboxylic acids is 1. The summed E-state index contributed by atoms with van der Waals surface area (Å²) in [6.07, 6.45) is -5.20. The van der Waals surface area contributed by atoms with Crippen molar-refractivity contribution in [3.8, 4) is 0 Å². The zero-order valence-corrected chi connectivity index (χ0v) is 7.31. The van der Waals surface area contributed by atoms with E-state index in [0.29, 0.717) is 0 Å². The first-order chi connectivity index (χ1) is 6.87. The lowest BCUT2D eigenvalue weighted by molar-refractivity contribution is -0.150. The Bertz CT molecular complexity index is 347. The Hall–Kier alpha value is -1.66. The van der Waals surface area contributed by atoms with E-state index in [1.165, 1.54) is 0 Å². The fourth-order valence-corrected chi connectivity index (χ4v) is 0.837. The Labute approximate surface area is 82.1 Å². The van der Waals surface area contributed by atoms with Gasteiger partial charge in [-0.2, -0.15) is 17.6 Å². The maximum atomic E-state index is 12.3. The van der Waals surface area contributed by atoms with E-state index in [1.54, 1.807) is 0 Å².